The number of primary amides is 1. The Balaban J connectivity index is 0.697. The Morgan fingerprint density at radius 3 is 2.12 bits per heavy atom. The van der Waals surface area contributed by atoms with Gasteiger partial charge in [-0.1, -0.05) is 49.4 Å². The van der Waals surface area contributed by atoms with E-state index in [0.717, 1.165) is 21.4 Å². The fourth-order valence-corrected chi connectivity index (χ4v) is 11.3. The van der Waals surface area contributed by atoms with Crippen LogP contribution in [0.5, 0.6) is 11.5 Å². The number of fused-ring (bicyclic) bond motifs is 4. The third-order valence-corrected chi connectivity index (χ3v) is 17.1. The van der Waals surface area contributed by atoms with Gasteiger partial charge in [-0.05, 0) is 96.3 Å². The number of amides is 12. The summed E-state index contributed by atoms with van der Waals surface area (Å²) in [5.41, 5.74) is 10.1. The summed E-state index contributed by atoms with van der Waals surface area (Å²) in [4.78, 5) is 152. The van der Waals surface area contributed by atoms with Crippen molar-refractivity contribution < 1.29 is 86.3 Å². The molecule has 0 aliphatic carbocycles. The number of carbonyl (C=O) groups is 11. The van der Waals surface area contributed by atoms with Gasteiger partial charge in [0.25, 0.3) is 23.6 Å². The number of imidazole rings is 1. The molecular weight excluding hydrogens is 1390 g/mol. The van der Waals surface area contributed by atoms with Crippen molar-refractivity contribution >= 4 is 111 Å². The first-order valence-corrected chi connectivity index (χ1v) is 34.0. The highest BCUT2D eigenvalue weighted by molar-refractivity contribution is 6.19. The maximum atomic E-state index is 14.5. The number of nitrogens with zero attached hydrogens (tertiary/aromatic N) is 9. The SMILES string of the molecule is Cc1cccc2c(OC(=O)N(C)CCN(C)C(=O)OCc3ccc(NC(=O)[C@H](CCCNC(N)=O)NC(=O)[C@@H](NC(=O)OCCOCCn4cc(CNC(=O)OCCOCCN5C(=O)C=CC5=O)nn4)C(C)C)cc3)cc3c(c12)[C@H](CCl)CN3C(=O)c1cn2cc(NC(=O)c3ccc(O)cc3)ccc2n1. The summed E-state index contributed by atoms with van der Waals surface area (Å²) >= 11 is 6.62. The van der Waals surface area contributed by atoms with Crippen molar-refractivity contribution in [3.63, 3.8) is 0 Å². The molecule has 0 fully saturated rings. The molecular formula is C70H81ClN16O18. The quantitative estimate of drug-likeness (QED) is 0.0106. The van der Waals surface area contributed by atoms with E-state index in [1.54, 1.807) is 84.2 Å². The number of imide groups is 1. The van der Waals surface area contributed by atoms with Gasteiger partial charge in [0.2, 0.25) is 11.8 Å². The Morgan fingerprint density at radius 1 is 0.743 bits per heavy atom. The van der Waals surface area contributed by atoms with Gasteiger partial charge in [-0.15, -0.1) is 16.7 Å². The number of alkyl halides is 1. The number of likely N-dealkylation sites (N-methyl/N-ethyl adjacent to an activating group) is 2. The van der Waals surface area contributed by atoms with Crippen LogP contribution in [0.15, 0.2) is 116 Å². The molecule has 35 heteroatoms. The van der Waals surface area contributed by atoms with Gasteiger partial charge in [-0.25, -0.2) is 33.6 Å². The summed E-state index contributed by atoms with van der Waals surface area (Å²) in [6.45, 7) is 5.88. The Kier molecular flexibility index (Phi) is 27.1. The number of pyridine rings is 1. The predicted octanol–water partition coefficient (Wildman–Crippen LogP) is 5.53. The van der Waals surface area contributed by atoms with Gasteiger partial charge in [-0.3, -0.25) is 33.7 Å². The second-order valence-electron chi connectivity index (χ2n) is 24.7. The molecule has 0 saturated heterocycles. The van der Waals surface area contributed by atoms with E-state index >= 15 is 0 Å². The number of carbonyl (C=O) groups excluding carboxylic acids is 11. The topological polar surface area (TPSA) is 423 Å². The summed E-state index contributed by atoms with van der Waals surface area (Å²) in [5.74, 6) is -3.34. The number of aromatic hydroxyl groups is 1. The Morgan fingerprint density at radius 2 is 1.43 bits per heavy atom. The minimum Gasteiger partial charge on any atom is -0.508 e. The average molecular weight is 1470 g/mol. The van der Waals surface area contributed by atoms with E-state index in [1.807, 2.05) is 25.1 Å². The number of aryl methyl sites for hydroxylation is 1. The first kappa shape index (κ1) is 77.3. The van der Waals surface area contributed by atoms with E-state index in [1.165, 1.54) is 65.0 Å². The summed E-state index contributed by atoms with van der Waals surface area (Å²) in [6.07, 6.45) is 4.32. The van der Waals surface area contributed by atoms with Crippen molar-refractivity contribution in [2.75, 3.05) is 108 Å². The van der Waals surface area contributed by atoms with Crippen molar-refractivity contribution in [3.05, 3.63) is 149 Å². The van der Waals surface area contributed by atoms with Gasteiger partial charge in [0.15, 0.2) is 0 Å². The van der Waals surface area contributed by atoms with Crippen LogP contribution in [-0.4, -0.2) is 214 Å². The van der Waals surface area contributed by atoms with Crippen LogP contribution in [0.1, 0.15) is 75.8 Å². The fraction of sp³-hybridized carbons (Fsp3) is 0.371. The molecule has 34 nitrogen and oxygen atoms in total. The molecule has 7 aromatic rings. The average Bonchev–Trinajstić information content (AvgIpc) is 1.63. The van der Waals surface area contributed by atoms with E-state index in [4.69, 9.17) is 45.8 Å². The van der Waals surface area contributed by atoms with Gasteiger partial charge in [0, 0.05) is 99.3 Å². The Hall–Kier alpha value is -11.9. The minimum atomic E-state index is -1.16. The highest BCUT2D eigenvalue weighted by Crippen LogP contribution is 2.47. The molecule has 9 rings (SSSR count). The van der Waals surface area contributed by atoms with Crippen LogP contribution in [0.3, 0.4) is 0 Å². The molecule has 0 spiro atoms. The summed E-state index contributed by atoms with van der Waals surface area (Å²) < 4.78 is 36.0. The molecule has 556 valence electrons. The molecule has 12 amide bonds. The van der Waals surface area contributed by atoms with Crippen LogP contribution >= 0.6 is 11.6 Å². The number of nitrogens with two attached hydrogens (primary N) is 1. The second kappa shape index (κ2) is 36.8. The Bertz CT molecular complexity index is 4340. The van der Waals surface area contributed by atoms with Crippen LogP contribution in [0, 0.1) is 12.8 Å². The normalized spacial score (nSPS) is 13.6. The first-order valence-electron chi connectivity index (χ1n) is 33.4. The summed E-state index contributed by atoms with van der Waals surface area (Å²) in [7, 11) is 3.02. The number of phenols is 1. The molecule has 0 unspecified atom stereocenters. The largest absolute Gasteiger partial charge is 0.508 e. The molecule has 3 atom stereocenters. The lowest BCUT2D eigenvalue weighted by Gasteiger charge is -2.25. The number of hydrogen-bond donors (Lipinski definition) is 8. The summed E-state index contributed by atoms with van der Waals surface area (Å²) in [6, 6.07) is 19.7. The maximum Gasteiger partial charge on any atom is 0.415 e. The predicted molar refractivity (Wildman–Crippen MR) is 379 cm³/mol. The number of urea groups is 1. The molecule has 9 N–H and O–H groups in total. The van der Waals surface area contributed by atoms with Crippen LogP contribution in [0.2, 0.25) is 0 Å². The van der Waals surface area contributed by atoms with Gasteiger partial charge >= 0.3 is 30.4 Å². The van der Waals surface area contributed by atoms with Gasteiger partial charge in [0.05, 0.1) is 63.6 Å². The van der Waals surface area contributed by atoms with E-state index in [2.05, 4.69) is 47.2 Å². The van der Waals surface area contributed by atoms with Crippen molar-refractivity contribution in [2.24, 2.45) is 11.7 Å². The standard InChI is InChI=1S/C70H81ClN16O18/c1-42(2)61(79-68(97)103-33-31-100-28-26-85-39-49(80-81-85)36-74-67(96)102-32-30-101-29-27-86-57(89)21-22-58(86)90)64(93)78-52(10-7-23-73-66(72)95)63(92)75-47-15-11-44(12-16-47)41-104-69(98)82(4)24-25-83(5)70(99)105-55-34-54-60(59-43(3)8-6-9-51(55)59)46(35-71)37-87(54)65(94)53-40-84-38-48(17-20-56(84)77-53)76-62(91)45-13-18-50(88)19-14-45/h6,8-9,11-22,34,38-40,42,46,52,61,88H,7,10,23-33,35-37,41H2,1-5H3,(H,74,96)(H,75,92)(H,76,91)(H,78,93)(H,79,97)(H3,72,73,95)/t46-,52+,61+/m1/s1. The third-order valence-electron chi connectivity index (χ3n) is 16.7. The molecule has 4 aromatic carbocycles. The maximum absolute atomic E-state index is 14.5. The zero-order chi connectivity index (χ0) is 75.3. The molecule has 0 radical (unpaired) electrons. The lowest BCUT2D eigenvalue weighted by Crippen LogP contribution is -2.54. The van der Waals surface area contributed by atoms with Gasteiger partial charge in [-0.2, -0.15) is 0 Å². The van der Waals surface area contributed by atoms with Gasteiger partial charge in [0.1, 0.15) is 60.4 Å². The molecule has 2 aliphatic heterocycles. The monoisotopic (exact) mass is 1470 g/mol. The minimum absolute atomic E-state index is 0.0139. The lowest BCUT2D eigenvalue weighted by molar-refractivity contribution is -0.137. The van der Waals surface area contributed by atoms with E-state index < -0.39 is 83.8 Å². The third kappa shape index (κ3) is 21.4. The number of nitrogens with one attached hydrogen (secondary N) is 6. The first-order chi connectivity index (χ1) is 50.4. The number of alkyl carbamates (subject to hydrolysis) is 2. The number of hydrogen-bond acceptors (Lipinski definition) is 21. The number of ether oxygens (including phenoxy) is 6. The van der Waals surface area contributed by atoms with E-state index in [0.29, 0.717) is 44.9 Å². The molecule has 0 saturated carbocycles. The second-order valence-corrected chi connectivity index (χ2v) is 25.0. The van der Waals surface area contributed by atoms with Crippen molar-refractivity contribution in [2.45, 2.75) is 71.3 Å². The van der Waals surface area contributed by atoms with Crippen LogP contribution < -0.4 is 47.3 Å². The lowest BCUT2D eigenvalue weighted by atomic mass is 9.92. The van der Waals surface area contributed by atoms with Crippen molar-refractivity contribution in [1.82, 2.24) is 60.3 Å². The van der Waals surface area contributed by atoms with E-state index in [9.17, 15) is 57.8 Å². The van der Waals surface area contributed by atoms with Crippen LogP contribution in [-0.2, 0) is 62.6 Å². The molecule has 3 aromatic heterocycles. The summed E-state index contributed by atoms with van der Waals surface area (Å²) in [5, 5.41) is 34.9. The Labute approximate surface area is 606 Å². The van der Waals surface area contributed by atoms with Crippen molar-refractivity contribution in [3.8, 4) is 11.5 Å². The highest BCUT2D eigenvalue weighted by atomic mass is 35.5. The number of anilines is 3. The van der Waals surface area contributed by atoms with Crippen LogP contribution in [0.4, 0.5) is 41.0 Å². The molecule has 2 aliphatic rings. The number of rotatable bonds is 34. The van der Waals surface area contributed by atoms with E-state index in [-0.39, 0.29) is 134 Å². The zero-order valence-corrected chi connectivity index (χ0v) is 58.9. The fourth-order valence-electron chi connectivity index (χ4n) is 11.1. The number of aromatic nitrogens is 5. The smallest absolute Gasteiger partial charge is 0.415 e. The number of phenolic OH excluding ortho intramolecular Hbond substituents is 1. The molecule has 0 bridgehead atoms. The highest BCUT2D eigenvalue weighted by Gasteiger charge is 2.37. The molecule has 105 heavy (non-hydrogen) atoms. The molecule has 5 heterocycles. The zero-order valence-electron chi connectivity index (χ0n) is 58.2. The van der Waals surface area contributed by atoms with Crippen molar-refractivity contribution in [1.29, 1.82) is 0 Å². The number of halogens is 1. The van der Waals surface area contributed by atoms with Crippen LogP contribution in [0.25, 0.3) is 16.4 Å². The van der Waals surface area contributed by atoms with Gasteiger partial charge < -0.3 is 90.3 Å². The number of benzene rings is 4.